The molecule has 9 heteroatoms. The number of thiazole rings is 1. The van der Waals surface area contributed by atoms with Crippen LogP contribution in [-0.2, 0) is 9.59 Å². The number of anilines is 1. The standard InChI is InChI=1S/C26H30N4O4S/c1-18-27-23-14-22(7-8-24(23)35-18)34-17-21(31)16-29-11-9-28(10-12-29)15-19-13-25(32)30(26(19)33)20-5-3-2-4-6-20/h2-8,14,19,21,31H,9-13,15-17H2,1H3. The molecule has 2 unspecified atom stereocenters. The van der Waals surface area contributed by atoms with Gasteiger partial charge in [-0.2, -0.15) is 0 Å². The van der Waals surface area contributed by atoms with Crippen LogP contribution < -0.4 is 9.64 Å². The molecule has 3 aromatic rings. The number of piperazine rings is 1. The average Bonchev–Trinajstić information content (AvgIpc) is 3.36. The fraction of sp³-hybridized carbons (Fsp3) is 0.423. The molecule has 2 aliphatic rings. The first kappa shape index (κ1) is 23.9. The highest BCUT2D eigenvalue weighted by Crippen LogP contribution is 2.27. The van der Waals surface area contributed by atoms with Crippen molar-refractivity contribution in [2.75, 3.05) is 50.8 Å². The molecule has 3 heterocycles. The fourth-order valence-electron chi connectivity index (χ4n) is 4.81. The first-order valence-electron chi connectivity index (χ1n) is 12.0. The second-order valence-corrected chi connectivity index (χ2v) is 10.5. The zero-order valence-electron chi connectivity index (χ0n) is 19.8. The lowest BCUT2D eigenvalue weighted by Gasteiger charge is -2.36. The molecule has 1 aromatic heterocycles. The summed E-state index contributed by atoms with van der Waals surface area (Å²) in [5.41, 5.74) is 1.57. The van der Waals surface area contributed by atoms with Gasteiger partial charge in [-0.1, -0.05) is 18.2 Å². The Morgan fingerprint density at radius 1 is 1.09 bits per heavy atom. The number of fused-ring (bicyclic) bond motifs is 1. The molecule has 0 bridgehead atoms. The predicted octanol–water partition coefficient (Wildman–Crippen LogP) is 2.54. The topological polar surface area (TPSA) is 86.2 Å². The lowest BCUT2D eigenvalue weighted by molar-refractivity contribution is -0.122. The molecular weight excluding hydrogens is 464 g/mol. The largest absolute Gasteiger partial charge is 0.491 e. The Bertz CT molecular complexity index is 1190. The molecule has 2 saturated heterocycles. The van der Waals surface area contributed by atoms with E-state index in [1.807, 2.05) is 43.3 Å². The van der Waals surface area contributed by atoms with E-state index in [2.05, 4.69) is 14.8 Å². The van der Waals surface area contributed by atoms with Gasteiger partial charge in [0.15, 0.2) is 0 Å². The van der Waals surface area contributed by atoms with Crippen LogP contribution >= 0.6 is 11.3 Å². The fourth-order valence-corrected chi connectivity index (χ4v) is 5.61. The van der Waals surface area contributed by atoms with Gasteiger partial charge in [0.25, 0.3) is 0 Å². The summed E-state index contributed by atoms with van der Waals surface area (Å²) in [7, 11) is 0. The van der Waals surface area contributed by atoms with Crippen molar-refractivity contribution in [1.29, 1.82) is 0 Å². The van der Waals surface area contributed by atoms with Gasteiger partial charge in [-0.25, -0.2) is 4.98 Å². The summed E-state index contributed by atoms with van der Waals surface area (Å²) in [4.78, 5) is 35.6. The van der Waals surface area contributed by atoms with E-state index in [1.165, 1.54) is 4.90 Å². The van der Waals surface area contributed by atoms with Gasteiger partial charge in [0.05, 0.1) is 26.8 Å². The Hall–Kier alpha value is -2.85. The number of aryl methyl sites for hydroxylation is 1. The van der Waals surface area contributed by atoms with Crippen LogP contribution in [0.2, 0.25) is 0 Å². The molecule has 0 saturated carbocycles. The highest BCUT2D eigenvalue weighted by atomic mass is 32.1. The molecule has 8 nitrogen and oxygen atoms in total. The van der Waals surface area contributed by atoms with Gasteiger partial charge in [-0.15, -0.1) is 11.3 Å². The molecule has 2 aliphatic heterocycles. The number of para-hydroxylation sites is 1. The number of aliphatic hydroxyl groups is 1. The number of aromatic nitrogens is 1. The lowest BCUT2D eigenvalue weighted by Crippen LogP contribution is -2.50. The highest BCUT2D eigenvalue weighted by molar-refractivity contribution is 7.18. The van der Waals surface area contributed by atoms with Crippen LogP contribution in [0.15, 0.2) is 48.5 Å². The molecule has 0 aliphatic carbocycles. The molecule has 35 heavy (non-hydrogen) atoms. The van der Waals surface area contributed by atoms with Gasteiger partial charge < -0.3 is 9.84 Å². The number of imide groups is 1. The Morgan fingerprint density at radius 2 is 1.83 bits per heavy atom. The van der Waals surface area contributed by atoms with Crippen molar-refractivity contribution in [3.05, 3.63) is 53.5 Å². The molecule has 5 rings (SSSR count). The minimum atomic E-state index is -0.595. The van der Waals surface area contributed by atoms with E-state index in [0.717, 1.165) is 41.4 Å². The maximum Gasteiger partial charge on any atom is 0.238 e. The van der Waals surface area contributed by atoms with Crippen molar-refractivity contribution >= 4 is 39.1 Å². The Kier molecular flexibility index (Phi) is 7.10. The number of nitrogens with zero attached hydrogens (tertiary/aromatic N) is 4. The van der Waals surface area contributed by atoms with E-state index in [0.29, 0.717) is 24.5 Å². The zero-order valence-corrected chi connectivity index (χ0v) is 20.6. The van der Waals surface area contributed by atoms with Crippen molar-refractivity contribution in [3.8, 4) is 5.75 Å². The summed E-state index contributed by atoms with van der Waals surface area (Å²) in [6.07, 6.45) is -0.334. The number of benzene rings is 2. The zero-order chi connectivity index (χ0) is 24.4. The number of carbonyl (C=O) groups excluding carboxylic acids is 2. The molecular formula is C26H30N4O4S. The summed E-state index contributed by atoms with van der Waals surface area (Å²) in [5, 5.41) is 11.5. The minimum Gasteiger partial charge on any atom is -0.491 e. The van der Waals surface area contributed by atoms with E-state index < -0.39 is 6.10 Å². The number of amides is 2. The van der Waals surface area contributed by atoms with Crippen molar-refractivity contribution in [2.45, 2.75) is 19.4 Å². The first-order valence-corrected chi connectivity index (χ1v) is 12.8. The molecule has 2 fully saturated rings. The number of aliphatic hydroxyl groups excluding tert-OH is 1. The summed E-state index contributed by atoms with van der Waals surface area (Å²) in [6, 6.07) is 15.0. The van der Waals surface area contributed by atoms with Gasteiger partial charge >= 0.3 is 0 Å². The third-order valence-corrected chi connectivity index (χ3v) is 7.53. The van der Waals surface area contributed by atoms with Crippen molar-refractivity contribution in [3.63, 3.8) is 0 Å². The van der Waals surface area contributed by atoms with E-state index in [-0.39, 0.29) is 30.8 Å². The molecule has 2 amide bonds. The Morgan fingerprint density at radius 3 is 2.60 bits per heavy atom. The minimum absolute atomic E-state index is 0.109. The maximum absolute atomic E-state index is 12.9. The third kappa shape index (κ3) is 5.54. The van der Waals surface area contributed by atoms with E-state index in [9.17, 15) is 14.7 Å². The Balaban J connectivity index is 1.06. The smallest absolute Gasteiger partial charge is 0.238 e. The van der Waals surface area contributed by atoms with Gasteiger partial charge in [0.2, 0.25) is 11.8 Å². The van der Waals surface area contributed by atoms with Gasteiger partial charge in [0.1, 0.15) is 18.5 Å². The second kappa shape index (κ2) is 10.4. The molecule has 2 atom stereocenters. The summed E-state index contributed by atoms with van der Waals surface area (Å²) in [6.45, 7) is 6.55. The van der Waals surface area contributed by atoms with E-state index in [1.54, 1.807) is 23.5 Å². The molecule has 0 radical (unpaired) electrons. The molecule has 184 valence electrons. The summed E-state index contributed by atoms with van der Waals surface area (Å²) in [5.74, 6) is 0.179. The predicted molar refractivity (Wildman–Crippen MR) is 136 cm³/mol. The maximum atomic E-state index is 12.9. The normalized spacial score (nSPS) is 20.6. The highest BCUT2D eigenvalue weighted by Gasteiger charge is 2.40. The van der Waals surface area contributed by atoms with Crippen molar-refractivity contribution in [2.24, 2.45) is 5.92 Å². The van der Waals surface area contributed by atoms with Crippen LogP contribution in [0.25, 0.3) is 10.2 Å². The van der Waals surface area contributed by atoms with Crippen LogP contribution in [0.3, 0.4) is 0 Å². The molecule has 2 aromatic carbocycles. The quantitative estimate of drug-likeness (QED) is 0.482. The van der Waals surface area contributed by atoms with Crippen LogP contribution in [0.4, 0.5) is 5.69 Å². The van der Waals surface area contributed by atoms with Crippen LogP contribution in [0.5, 0.6) is 5.75 Å². The van der Waals surface area contributed by atoms with Crippen molar-refractivity contribution < 1.29 is 19.4 Å². The van der Waals surface area contributed by atoms with Gasteiger partial charge in [0, 0.05) is 51.8 Å². The van der Waals surface area contributed by atoms with Gasteiger partial charge in [-0.05, 0) is 31.2 Å². The van der Waals surface area contributed by atoms with Crippen LogP contribution in [-0.4, -0.2) is 83.7 Å². The lowest BCUT2D eigenvalue weighted by atomic mass is 10.1. The second-order valence-electron chi connectivity index (χ2n) is 9.23. The van der Waals surface area contributed by atoms with E-state index in [4.69, 9.17) is 4.74 Å². The van der Waals surface area contributed by atoms with Crippen LogP contribution in [0.1, 0.15) is 11.4 Å². The van der Waals surface area contributed by atoms with Crippen molar-refractivity contribution in [1.82, 2.24) is 14.8 Å². The first-order chi connectivity index (χ1) is 17.0. The monoisotopic (exact) mass is 494 g/mol. The number of hydrogen-bond donors (Lipinski definition) is 1. The number of carbonyl (C=O) groups is 2. The molecule has 1 N–H and O–H groups in total. The van der Waals surface area contributed by atoms with E-state index >= 15 is 0 Å². The summed E-state index contributed by atoms with van der Waals surface area (Å²) < 4.78 is 6.94. The SMILES string of the molecule is Cc1nc2cc(OCC(O)CN3CCN(CC4CC(=O)N(c5ccccc5)C4=O)CC3)ccc2s1. The summed E-state index contributed by atoms with van der Waals surface area (Å²) >= 11 is 1.65. The number of hydrogen-bond acceptors (Lipinski definition) is 8. The van der Waals surface area contributed by atoms with Gasteiger partial charge in [-0.3, -0.25) is 24.3 Å². The average molecular weight is 495 g/mol. The number of rotatable bonds is 8. The molecule has 0 spiro atoms. The number of ether oxygens (including phenoxy) is 1. The number of β-amino-alcohol motifs (C(OH)–C–C–N with tert-alkyl or cyclic N) is 1. The Labute approximate surface area is 208 Å². The third-order valence-electron chi connectivity index (χ3n) is 6.58. The van der Waals surface area contributed by atoms with Crippen LogP contribution in [0, 0.1) is 12.8 Å².